The summed E-state index contributed by atoms with van der Waals surface area (Å²) in [7, 11) is 0. The molecule has 5 nitrogen and oxygen atoms in total. The summed E-state index contributed by atoms with van der Waals surface area (Å²) < 4.78 is 5.53. The van der Waals surface area contributed by atoms with E-state index in [4.69, 9.17) is 4.74 Å². The van der Waals surface area contributed by atoms with Gasteiger partial charge in [0.1, 0.15) is 0 Å². The fourth-order valence-electron chi connectivity index (χ4n) is 3.72. The van der Waals surface area contributed by atoms with Crippen molar-refractivity contribution in [3.8, 4) is 0 Å². The molecule has 2 atom stereocenters. The molecule has 2 heterocycles. The normalized spacial score (nSPS) is 23.4. The summed E-state index contributed by atoms with van der Waals surface area (Å²) in [5.74, 6) is -0.340. The molecular weight excluding hydrogens is 316 g/mol. The minimum atomic E-state index is -0.298. The van der Waals surface area contributed by atoms with Gasteiger partial charge in [0.15, 0.2) is 0 Å². The van der Waals surface area contributed by atoms with Crippen molar-refractivity contribution < 1.29 is 14.3 Å². The number of hydrogen-bond acceptors (Lipinski definition) is 3. The number of rotatable bonds is 4. The Bertz CT molecular complexity index is 793. The van der Waals surface area contributed by atoms with Gasteiger partial charge in [0.05, 0.1) is 17.7 Å². The first kappa shape index (κ1) is 16.1. The van der Waals surface area contributed by atoms with Gasteiger partial charge in [0.25, 0.3) is 0 Å². The Morgan fingerprint density at radius 2 is 2.04 bits per heavy atom. The van der Waals surface area contributed by atoms with Crippen LogP contribution in [0.1, 0.15) is 19.3 Å². The van der Waals surface area contributed by atoms with E-state index in [1.54, 1.807) is 4.90 Å². The topological polar surface area (TPSA) is 58.6 Å². The summed E-state index contributed by atoms with van der Waals surface area (Å²) in [5, 5.41) is 5.09. The summed E-state index contributed by atoms with van der Waals surface area (Å²) in [6, 6.07) is 13.9. The molecule has 0 aliphatic carbocycles. The number of anilines is 1. The molecule has 1 N–H and O–H groups in total. The van der Waals surface area contributed by atoms with Crippen molar-refractivity contribution in [2.24, 2.45) is 5.92 Å². The van der Waals surface area contributed by atoms with E-state index >= 15 is 0 Å². The fourth-order valence-corrected chi connectivity index (χ4v) is 3.72. The Labute approximate surface area is 146 Å². The third-order valence-electron chi connectivity index (χ3n) is 5.08. The quantitative estimate of drug-likeness (QED) is 0.932. The van der Waals surface area contributed by atoms with E-state index < -0.39 is 0 Å². The van der Waals surface area contributed by atoms with Gasteiger partial charge in [-0.1, -0.05) is 36.4 Å². The Hall–Kier alpha value is -2.40. The van der Waals surface area contributed by atoms with E-state index in [0.29, 0.717) is 13.1 Å². The number of fused-ring (bicyclic) bond motifs is 1. The highest BCUT2D eigenvalue weighted by Gasteiger charge is 2.35. The highest BCUT2D eigenvalue weighted by atomic mass is 16.5. The predicted molar refractivity (Wildman–Crippen MR) is 96.4 cm³/mol. The molecule has 2 amide bonds. The predicted octanol–water partition coefficient (Wildman–Crippen LogP) is 2.49. The smallest absolute Gasteiger partial charge is 0.227 e. The average Bonchev–Trinajstić information content (AvgIpc) is 3.29. The number of carbonyl (C=O) groups is 2. The van der Waals surface area contributed by atoms with Crippen LogP contribution in [-0.4, -0.2) is 37.6 Å². The van der Waals surface area contributed by atoms with Gasteiger partial charge in [0, 0.05) is 31.5 Å². The molecule has 2 aliphatic rings. The van der Waals surface area contributed by atoms with Gasteiger partial charge in [-0.2, -0.15) is 0 Å². The third kappa shape index (κ3) is 3.24. The fraction of sp³-hybridized carbons (Fsp3) is 0.400. The molecule has 2 saturated heterocycles. The molecular formula is C20H22N2O3. The summed E-state index contributed by atoms with van der Waals surface area (Å²) in [5.41, 5.74) is 0.887. The third-order valence-corrected chi connectivity index (χ3v) is 5.08. The number of carbonyl (C=O) groups excluding carboxylic acids is 2. The first-order valence-corrected chi connectivity index (χ1v) is 8.90. The standard InChI is InChI=1S/C20H22N2O3/c23-19-11-15(20(24)21-12-16-7-4-10-25-16)13-22(19)18-9-3-6-14-5-1-2-8-17(14)18/h1-3,5-6,8-9,15-16H,4,7,10-13H2,(H,21,24). The number of nitrogens with one attached hydrogen (secondary N) is 1. The molecule has 2 unspecified atom stereocenters. The van der Waals surface area contributed by atoms with E-state index in [1.165, 1.54) is 0 Å². The molecule has 0 radical (unpaired) electrons. The molecule has 0 bridgehead atoms. The Balaban J connectivity index is 1.47. The Kier molecular flexibility index (Phi) is 4.40. The highest BCUT2D eigenvalue weighted by molar-refractivity contribution is 6.06. The minimum Gasteiger partial charge on any atom is -0.376 e. The van der Waals surface area contributed by atoms with Crippen LogP contribution in [0.2, 0.25) is 0 Å². The van der Waals surface area contributed by atoms with Crippen LogP contribution < -0.4 is 10.2 Å². The summed E-state index contributed by atoms with van der Waals surface area (Å²) in [6.45, 7) is 1.75. The number of amides is 2. The van der Waals surface area contributed by atoms with Crippen LogP contribution in [0.3, 0.4) is 0 Å². The molecule has 0 aromatic heterocycles. The lowest BCUT2D eigenvalue weighted by Gasteiger charge is -2.19. The van der Waals surface area contributed by atoms with Crippen LogP contribution >= 0.6 is 0 Å². The second kappa shape index (κ2) is 6.84. The van der Waals surface area contributed by atoms with Gasteiger partial charge in [-0.15, -0.1) is 0 Å². The van der Waals surface area contributed by atoms with Gasteiger partial charge in [-0.3, -0.25) is 9.59 Å². The van der Waals surface area contributed by atoms with Crippen molar-refractivity contribution in [2.45, 2.75) is 25.4 Å². The summed E-state index contributed by atoms with van der Waals surface area (Å²) in [6.07, 6.45) is 2.43. The Morgan fingerprint density at radius 3 is 2.88 bits per heavy atom. The van der Waals surface area contributed by atoms with E-state index in [9.17, 15) is 9.59 Å². The van der Waals surface area contributed by atoms with E-state index in [-0.39, 0.29) is 30.3 Å². The van der Waals surface area contributed by atoms with Crippen molar-refractivity contribution in [1.82, 2.24) is 5.32 Å². The minimum absolute atomic E-state index is 0.00798. The second-order valence-corrected chi connectivity index (χ2v) is 6.78. The number of nitrogens with zero attached hydrogens (tertiary/aromatic N) is 1. The lowest BCUT2D eigenvalue weighted by atomic mass is 10.1. The lowest BCUT2D eigenvalue weighted by molar-refractivity contribution is -0.126. The van der Waals surface area contributed by atoms with E-state index in [0.717, 1.165) is 35.9 Å². The molecule has 0 spiro atoms. The summed E-state index contributed by atoms with van der Waals surface area (Å²) >= 11 is 0. The highest BCUT2D eigenvalue weighted by Crippen LogP contribution is 2.31. The second-order valence-electron chi connectivity index (χ2n) is 6.78. The molecule has 25 heavy (non-hydrogen) atoms. The van der Waals surface area contributed by atoms with Gasteiger partial charge in [0.2, 0.25) is 11.8 Å². The maximum Gasteiger partial charge on any atom is 0.227 e. The zero-order valence-electron chi connectivity index (χ0n) is 14.1. The van der Waals surface area contributed by atoms with Crippen molar-refractivity contribution in [3.05, 3.63) is 42.5 Å². The van der Waals surface area contributed by atoms with Gasteiger partial charge >= 0.3 is 0 Å². The van der Waals surface area contributed by atoms with Crippen molar-refractivity contribution in [3.63, 3.8) is 0 Å². The first-order chi connectivity index (χ1) is 12.2. The Morgan fingerprint density at radius 1 is 1.20 bits per heavy atom. The SMILES string of the molecule is O=C(NCC1CCCO1)C1CC(=O)N(c2cccc3ccccc23)C1. The van der Waals surface area contributed by atoms with Crippen LogP contribution in [0.15, 0.2) is 42.5 Å². The largest absolute Gasteiger partial charge is 0.376 e. The average molecular weight is 338 g/mol. The molecule has 2 fully saturated rings. The van der Waals surface area contributed by atoms with E-state index in [1.807, 2.05) is 42.5 Å². The number of hydrogen-bond donors (Lipinski definition) is 1. The molecule has 5 heteroatoms. The van der Waals surface area contributed by atoms with Crippen molar-refractivity contribution in [1.29, 1.82) is 0 Å². The van der Waals surface area contributed by atoms with Gasteiger partial charge < -0.3 is 15.0 Å². The van der Waals surface area contributed by atoms with E-state index in [2.05, 4.69) is 5.32 Å². The molecule has 2 aromatic carbocycles. The van der Waals surface area contributed by atoms with Crippen LogP contribution in [-0.2, 0) is 14.3 Å². The van der Waals surface area contributed by atoms with Crippen molar-refractivity contribution in [2.75, 3.05) is 24.6 Å². The zero-order chi connectivity index (χ0) is 17.2. The van der Waals surface area contributed by atoms with Gasteiger partial charge in [-0.25, -0.2) is 0 Å². The van der Waals surface area contributed by atoms with Crippen LogP contribution in [0.5, 0.6) is 0 Å². The summed E-state index contributed by atoms with van der Waals surface area (Å²) in [4.78, 5) is 26.7. The maximum absolute atomic E-state index is 12.5. The molecule has 130 valence electrons. The molecule has 2 aliphatic heterocycles. The first-order valence-electron chi connectivity index (χ1n) is 8.90. The van der Waals surface area contributed by atoms with Crippen LogP contribution in [0, 0.1) is 5.92 Å². The molecule has 2 aromatic rings. The molecule has 0 saturated carbocycles. The van der Waals surface area contributed by atoms with Crippen LogP contribution in [0.25, 0.3) is 10.8 Å². The van der Waals surface area contributed by atoms with Crippen LogP contribution in [0.4, 0.5) is 5.69 Å². The molecule has 4 rings (SSSR count). The maximum atomic E-state index is 12.5. The number of benzene rings is 2. The van der Waals surface area contributed by atoms with Crippen molar-refractivity contribution >= 4 is 28.3 Å². The zero-order valence-corrected chi connectivity index (χ0v) is 14.1. The van der Waals surface area contributed by atoms with Gasteiger partial charge in [-0.05, 0) is 24.3 Å². The monoisotopic (exact) mass is 338 g/mol. The lowest BCUT2D eigenvalue weighted by Crippen LogP contribution is -2.37. The number of ether oxygens (including phenoxy) is 1.